The highest BCUT2D eigenvalue weighted by atomic mass is 79.9. The van der Waals surface area contributed by atoms with Crippen molar-refractivity contribution in [2.45, 2.75) is 12.7 Å². The van der Waals surface area contributed by atoms with Crippen molar-refractivity contribution in [1.29, 1.82) is 0 Å². The maximum atomic E-state index is 12.2. The number of carbonyl (C=O) groups excluding carboxylic acids is 1. The van der Waals surface area contributed by atoms with Crippen molar-refractivity contribution in [1.82, 2.24) is 0 Å². The van der Waals surface area contributed by atoms with Crippen molar-refractivity contribution in [3.05, 3.63) is 46.4 Å². The Balaban J connectivity index is 1.41. The van der Waals surface area contributed by atoms with Gasteiger partial charge in [-0.05, 0) is 24.3 Å². The third-order valence-corrected chi connectivity index (χ3v) is 4.42. The quantitative estimate of drug-likeness (QED) is 0.748. The van der Waals surface area contributed by atoms with Crippen LogP contribution in [-0.4, -0.2) is 25.5 Å². The third kappa shape index (κ3) is 2.87. The SMILES string of the molecule is O=C(OCc1cc2c(cc1Br)OCO2)[C@H]1COc2ccccc2O1. The van der Waals surface area contributed by atoms with Gasteiger partial charge in [0.1, 0.15) is 13.2 Å². The predicted molar refractivity (Wildman–Crippen MR) is 86.4 cm³/mol. The molecule has 0 amide bonds. The molecule has 0 aromatic heterocycles. The first kappa shape index (κ1) is 15.1. The number of benzene rings is 2. The van der Waals surface area contributed by atoms with Crippen LogP contribution in [0.25, 0.3) is 0 Å². The zero-order chi connectivity index (χ0) is 16.5. The molecule has 0 spiro atoms. The molecular weight excluding hydrogens is 380 g/mol. The van der Waals surface area contributed by atoms with Crippen molar-refractivity contribution in [2.24, 2.45) is 0 Å². The second-order valence-electron chi connectivity index (χ2n) is 5.27. The van der Waals surface area contributed by atoms with Gasteiger partial charge in [-0.1, -0.05) is 28.1 Å². The van der Waals surface area contributed by atoms with Gasteiger partial charge in [-0.15, -0.1) is 0 Å². The summed E-state index contributed by atoms with van der Waals surface area (Å²) in [5, 5.41) is 0. The van der Waals surface area contributed by atoms with E-state index >= 15 is 0 Å². The van der Waals surface area contributed by atoms with Gasteiger partial charge in [-0.3, -0.25) is 0 Å². The summed E-state index contributed by atoms with van der Waals surface area (Å²) < 4.78 is 27.9. The van der Waals surface area contributed by atoms with E-state index < -0.39 is 12.1 Å². The Morgan fingerprint density at radius 3 is 2.67 bits per heavy atom. The molecule has 124 valence electrons. The molecule has 1 atom stereocenters. The molecule has 0 bridgehead atoms. The molecule has 0 aliphatic carbocycles. The summed E-state index contributed by atoms with van der Waals surface area (Å²) in [6.45, 7) is 0.410. The number of ether oxygens (including phenoxy) is 5. The number of hydrogen-bond donors (Lipinski definition) is 0. The van der Waals surface area contributed by atoms with Crippen LogP contribution in [0, 0.1) is 0 Å². The van der Waals surface area contributed by atoms with E-state index in [1.54, 1.807) is 24.3 Å². The van der Waals surface area contributed by atoms with Crippen LogP contribution in [0.3, 0.4) is 0 Å². The maximum absolute atomic E-state index is 12.2. The van der Waals surface area contributed by atoms with E-state index in [1.165, 1.54) is 0 Å². The standard InChI is InChI=1S/C17H13BrO6/c18-11-6-15-14(22-9-23-15)5-10(11)7-21-17(19)16-8-20-12-3-1-2-4-13(12)24-16/h1-6,16H,7-9H2/t16-/m1/s1. The van der Waals surface area contributed by atoms with E-state index in [-0.39, 0.29) is 20.0 Å². The Bertz CT molecular complexity index is 791. The number of carbonyl (C=O) groups is 1. The van der Waals surface area contributed by atoms with Crippen molar-refractivity contribution in [3.8, 4) is 23.0 Å². The number of esters is 1. The number of fused-ring (bicyclic) bond motifs is 2. The number of hydrogen-bond acceptors (Lipinski definition) is 6. The van der Waals surface area contributed by atoms with Gasteiger partial charge in [0.25, 0.3) is 0 Å². The maximum Gasteiger partial charge on any atom is 0.351 e. The van der Waals surface area contributed by atoms with Crippen molar-refractivity contribution in [2.75, 3.05) is 13.4 Å². The highest BCUT2D eigenvalue weighted by Gasteiger charge is 2.29. The predicted octanol–water partition coefficient (Wildman–Crippen LogP) is 3.06. The van der Waals surface area contributed by atoms with Gasteiger partial charge in [0, 0.05) is 10.0 Å². The van der Waals surface area contributed by atoms with Gasteiger partial charge in [0.15, 0.2) is 23.0 Å². The molecule has 0 saturated heterocycles. The summed E-state index contributed by atoms with van der Waals surface area (Å²) >= 11 is 3.43. The minimum atomic E-state index is -0.785. The highest BCUT2D eigenvalue weighted by Crippen LogP contribution is 2.37. The van der Waals surface area contributed by atoms with E-state index in [0.29, 0.717) is 23.0 Å². The van der Waals surface area contributed by atoms with E-state index in [2.05, 4.69) is 15.9 Å². The van der Waals surface area contributed by atoms with Crippen LogP contribution in [0.15, 0.2) is 40.9 Å². The lowest BCUT2D eigenvalue weighted by molar-refractivity contribution is -0.155. The number of halogens is 1. The van der Waals surface area contributed by atoms with Gasteiger partial charge in [0.2, 0.25) is 12.9 Å². The Kier molecular flexibility index (Phi) is 3.93. The van der Waals surface area contributed by atoms with Gasteiger partial charge in [0.05, 0.1) is 0 Å². The van der Waals surface area contributed by atoms with Gasteiger partial charge >= 0.3 is 5.97 Å². The summed E-state index contributed by atoms with van der Waals surface area (Å²) in [6.07, 6.45) is -0.785. The Morgan fingerprint density at radius 2 is 1.83 bits per heavy atom. The van der Waals surface area contributed by atoms with E-state index in [4.69, 9.17) is 23.7 Å². The first-order chi connectivity index (χ1) is 11.7. The van der Waals surface area contributed by atoms with Gasteiger partial charge < -0.3 is 23.7 Å². The first-order valence-corrected chi connectivity index (χ1v) is 8.13. The van der Waals surface area contributed by atoms with Crippen LogP contribution in [0.5, 0.6) is 23.0 Å². The zero-order valence-corrected chi connectivity index (χ0v) is 14.1. The Morgan fingerprint density at radius 1 is 1.08 bits per heavy atom. The molecule has 0 N–H and O–H groups in total. The van der Waals surface area contributed by atoms with Gasteiger partial charge in [-0.2, -0.15) is 0 Å². The second kappa shape index (κ2) is 6.24. The summed E-state index contributed by atoms with van der Waals surface area (Å²) in [5.41, 5.74) is 0.782. The number of rotatable bonds is 3. The molecule has 24 heavy (non-hydrogen) atoms. The summed E-state index contributed by atoms with van der Waals surface area (Å²) in [6, 6.07) is 10.8. The summed E-state index contributed by atoms with van der Waals surface area (Å²) in [5.74, 6) is 1.98. The summed E-state index contributed by atoms with van der Waals surface area (Å²) in [7, 11) is 0. The minimum absolute atomic E-state index is 0.0948. The molecule has 0 unspecified atom stereocenters. The molecule has 0 radical (unpaired) electrons. The van der Waals surface area contributed by atoms with Crippen LogP contribution in [0.2, 0.25) is 0 Å². The fourth-order valence-corrected chi connectivity index (χ4v) is 2.88. The molecule has 0 fully saturated rings. The van der Waals surface area contributed by atoms with Crippen molar-refractivity contribution >= 4 is 21.9 Å². The minimum Gasteiger partial charge on any atom is -0.485 e. The van der Waals surface area contributed by atoms with Crippen LogP contribution in [0.4, 0.5) is 0 Å². The molecule has 4 rings (SSSR count). The average Bonchev–Trinajstić information content (AvgIpc) is 3.06. The molecule has 2 aliphatic heterocycles. The van der Waals surface area contributed by atoms with Crippen LogP contribution >= 0.6 is 15.9 Å². The lowest BCUT2D eigenvalue weighted by Gasteiger charge is -2.25. The zero-order valence-electron chi connectivity index (χ0n) is 12.5. The normalized spacial score (nSPS) is 17.5. The highest BCUT2D eigenvalue weighted by molar-refractivity contribution is 9.10. The first-order valence-electron chi connectivity index (χ1n) is 7.34. The fraction of sp³-hybridized carbons (Fsp3) is 0.235. The van der Waals surface area contributed by atoms with Crippen LogP contribution in [0.1, 0.15) is 5.56 Å². The van der Waals surface area contributed by atoms with Crippen LogP contribution in [-0.2, 0) is 16.1 Å². The molecule has 2 heterocycles. The number of para-hydroxylation sites is 2. The molecule has 7 heteroatoms. The second-order valence-corrected chi connectivity index (χ2v) is 6.12. The largest absolute Gasteiger partial charge is 0.485 e. The third-order valence-electron chi connectivity index (χ3n) is 3.68. The molecule has 2 aliphatic rings. The Labute approximate surface area is 146 Å². The average molecular weight is 393 g/mol. The van der Waals surface area contributed by atoms with E-state index in [0.717, 1.165) is 10.0 Å². The molecule has 2 aromatic rings. The van der Waals surface area contributed by atoms with Crippen molar-refractivity contribution < 1.29 is 28.5 Å². The summed E-state index contributed by atoms with van der Waals surface area (Å²) in [4.78, 5) is 12.2. The topological polar surface area (TPSA) is 63.2 Å². The Hall–Kier alpha value is -2.41. The van der Waals surface area contributed by atoms with E-state index in [1.807, 2.05) is 12.1 Å². The molecular formula is C17H13BrO6. The fourth-order valence-electron chi connectivity index (χ4n) is 2.45. The monoisotopic (exact) mass is 392 g/mol. The lowest BCUT2D eigenvalue weighted by atomic mass is 10.2. The van der Waals surface area contributed by atoms with Gasteiger partial charge in [-0.25, -0.2) is 4.79 Å². The molecule has 2 aromatic carbocycles. The smallest absolute Gasteiger partial charge is 0.351 e. The molecule has 6 nitrogen and oxygen atoms in total. The molecule has 0 saturated carbocycles. The van der Waals surface area contributed by atoms with Crippen molar-refractivity contribution in [3.63, 3.8) is 0 Å². The van der Waals surface area contributed by atoms with Crippen LogP contribution < -0.4 is 18.9 Å². The lowest BCUT2D eigenvalue weighted by Crippen LogP contribution is -2.37. The van der Waals surface area contributed by atoms with E-state index in [9.17, 15) is 4.79 Å².